The molecular formula is C23H17FN4O2S. The number of hydrogen-bond acceptors (Lipinski definition) is 6. The average Bonchev–Trinajstić information content (AvgIpc) is 2.79. The summed E-state index contributed by atoms with van der Waals surface area (Å²) in [6.45, 7) is 0.371. The summed E-state index contributed by atoms with van der Waals surface area (Å²) in [7, 11) is -4.17. The van der Waals surface area contributed by atoms with E-state index >= 15 is 0 Å². The Labute approximate surface area is 178 Å². The summed E-state index contributed by atoms with van der Waals surface area (Å²) in [6.07, 6.45) is 0. The molecule has 1 N–H and O–H groups in total. The number of nitriles is 1. The summed E-state index contributed by atoms with van der Waals surface area (Å²) in [5.41, 5.74) is 2.00. The molecule has 6 nitrogen and oxygen atoms in total. The van der Waals surface area contributed by atoms with Crippen LogP contribution in [-0.2, 0) is 16.4 Å². The first-order valence-corrected chi connectivity index (χ1v) is 11.0. The Morgan fingerprint density at radius 3 is 2.16 bits per heavy atom. The maximum absolute atomic E-state index is 13.3. The maximum Gasteiger partial charge on any atom is 0.200 e. The van der Waals surface area contributed by atoms with Crippen LogP contribution in [0.3, 0.4) is 0 Å². The predicted molar refractivity (Wildman–Crippen MR) is 115 cm³/mol. The zero-order chi connectivity index (χ0) is 21.8. The van der Waals surface area contributed by atoms with Gasteiger partial charge in [-0.2, -0.15) is 5.26 Å². The van der Waals surface area contributed by atoms with Crippen LogP contribution in [0.25, 0.3) is 11.0 Å². The summed E-state index contributed by atoms with van der Waals surface area (Å²) < 4.78 is 39.7. The minimum Gasteiger partial charge on any atom is -0.364 e. The smallest absolute Gasteiger partial charge is 0.200 e. The number of fused-ring (bicyclic) bond motifs is 1. The van der Waals surface area contributed by atoms with Crippen molar-refractivity contribution >= 4 is 26.7 Å². The second-order valence-electron chi connectivity index (χ2n) is 6.79. The molecule has 0 aliphatic rings. The van der Waals surface area contributed by atoms with Gasteiger partial charge >= 0.3 is 0 Å². The molecule has 0 unspecified atom stereocenters. The molecule has 4 aromatic rings. The van der Waals surface area contributed by atoms with Crippen LogP contribution in [0, 0.1) is 17.1 Å². The van der Waals surface area contributed by atoms with Crippen molar-refractivity contribution in [3.8, 4) is 6.07 Å². The lowest BCUT2D eigenvalue weighted by molar-refractivity contribution is 0.589. The number of benzene rings is 3. The number of para-hydroxylation sites is 2. The van der Waals surface area contributed by atoms with Crippen LogP contribution in [0.5, 0.6) is 0 Å². The highest BCUT2D eigenvalue weighted by atomic mass is 32.2. The van der Waals surface area contributed by atoms with E-state index in [2.05, 4.69) is 15.3 Å². The van der Waals surface area contributed by atoms with Crippen molar-refractivity contribution in [3.05, 3.63) is 95.9 Å². The number of halogens is 1. The van der Waals surface area contributed by atoms with Gasteiger partial charge in [-0.15, -0.1) is 0 Å². The number of hydrogen-bond donors (Lipinski definition) is 1. The molecule has 1 aromatic heterocycles. The molecular weight excluding hydrogens is 415 g/mol. The fourth-order valence-electron chi connectivity index (χ4n) is 3.15. The molecule has 0 saturated heterocycles. The number of nitrogens with zero attached hydrogens (tertiary/aromatic N) is 3. The van der Waals surface area contributed by atoms with Gasteiger partial charge in [0.25, 0.3) is 0 Å². The number of rotatable bonds is 6. The lowest BCUT2D eigenvalue weighted by atomic mass is 10.2. The largest absolute Gasteiger partial charge is 0.364 e. The fourth-order valence-corrected chi connectivity index (χ4v) is 4.53. The molecule has 0 fully saturated rings. The lowest BCUT2D eigenvalue weighted by Gasteiger charge is -2.16. The minimum atomic E-state index is -4.17. The number of aromatic nitrogens is 2. The van der Waals surface area contributed by atoms with Gasteiger partial charge in [-0.1, -0.05) is 42.5 Å². The van der Waals surface area contributed by atoms with Gasteiger partial charge in [-0.25, -0.2) is 22.8 Å². The zero-order valence-corrected chi connectivity index (χ0v) is 17.1. The summed E-state index contributed by atoms with van der Waals surface area (Å²) in [5, 5.41) is 11.3. The van der Waals surface area contributed by atoms with E-state index in [1.165, 1.54) is 0 Å². The van der Waals surface area contributed by atoms with Gasteiger partial charge < -0.3 is 5.32 Å². The van der Waals surface area contributed by atoms with Crippen molar-refractivity contribution in [3.63, 3.8) is 0 Å². The fraction of sp³-hybridized carbons (Fsp3) is 0.0870. The number of nitrogens with one attached hydrogen (secondary N) is 1. The topological polar surface area (TPSA) is 95.7 Å². The van der Waals surface area contributed by atoms with E-state index in [1.807, 2.05) is 36.4 Å². The Kier molecular flexibility index (Phi) is 5.60. The highest BCUT2D eigenvalue weighted by Crippen LogP contribution is 2.32. The second-order valence-corrected chi connectivity index (χ2v) is 8.83. The molecule has 0 spiro atoms. The van der Waals surface area contributed by atoms with Gasteiger partial charge in [0.15, 0.2) is 11.1 Å². The van der Waals surface area contributed by atoms with E-state index in [0.717, 1.165) is 29.8 Å². The Hall–Kier alpha value is -3.83. The Morgan fingerprint density at radius 1 is 0.903 bits per heavy atom. The van der Waals surface area contributed by atoms with Crippen molar-refractivity contribution < 1.29 is 12.8 Å². The summed E-state index contributed by atoms with van der Waals surface area (Å²) in [4.78, 5) is 8.84. The lowest BCUT2D eigenvalue weighted by Crippen LogP contribution is -2.17. The van der Waals surface area contributed by atoms with Gasteiger partial charge in [0.1, 0.15) is 11.5 Å². The quantitative estimate of drug-likeness (QED) is 0.453. The third-order valence-electron chi connectivity index (χ3n) is 4.72. The van der Waals surface area contributed by atoms with Crippen molar-refractivity contribution in [2.24, 2.45) is 0 Å². The summed E-state index contributed by atoms with van der Waals surface area (Å²) >= 11 is 0. The van der Waals surface area contributed by atoms with Crippen LogP contribution in [0.1, 0.15) is 16.5 Å². The molecule has 3 aromatic carbocycles. The summed E-state index contributed by atoms with van der Waals surface area (Å²) in [6, 6.07) is 22.7. The zero-order valence-electron chi connectivity index (χ0n) is 16.2. The first-order valence-electron chi connectivity index (χ1n) is 9.42. The molecule has 154 valence electrons. The van der Waals surface area contributed by atoms with Crippen molar-refractivity contribution in [1.29, 1.82) is 5.26 Å². The molecule has 4 rings (SSSR count). The third-order valence-corrected chi connectivity index (χ3v) is 6.60. The van der Waals surface area contributed by atoms with Crippen LogP contribution in [0.2, 0.25) is 0 Å². The van der Waals surface area contributed by atoms with E-state index in [0.29, 0.717) is 17.6 Å². The van der Waals surface area contributed by atoms with E-state index < -0.39 is 20.9 Å². The summed E-state index contributed by atoms with van der Waals surface area (Å²) in [5.74, 6) is -0.358. The second kappa shape index (κ2) is 8.50. The highest BCUT2D eigenvalue weighted by Gasteiger charge is 2.33. The van der Waals surface area contributed by atoms with E-state index in [4.69, 9.17) is 0 Å². The van der Waals surface area contributed by atoms with E-state index in [1.54, 1.807) is 24.3 Å². The van der Waals surface area contributed by atoms with Crippen LogP contribution in [-0.4, -0.2) is 18.4 Å². The molecule has 0 radical (unpaired) electrons. The molecule has 0 aliphatic heterocycles. The van der Waals surface area contributed by atoms with Crippen LogP contribution < -0.4 is 5.32 Å². The number of anilines is 1. The first-order chi connectivity index (χ1) is 15.0. The van der Waals surface area contributed by atoms with Crippen LogP contribution in [0.15, 0.2) is 83.8 Å². The number of sulfone groups is 1. The van der Waals surface area contributed by atoms with Gasteiger partial charge in [0, 0.05) is 6.54 Å². The molecule has 8 heteroatoms. The van der Waals surface area contributed by atoms with Crippen molar-refractivity contribution in [2.45, 2.75) is 16.7 Å². The van der Waals surface area contributed by atoms with Gasteiger partial charge in [0.05, 0.1) is 22.0 Å². The van der Waals surface area contributed by atoms with Crippen molar-refractivity contribution in [1.82, 2.24) is 9.97 Å². The van der Waals surface area contributed by atoms with Crippen LogP contribution in [0.4, 0.5) is 10.2 Å². The highest BCUT2D eigenvalue weighted by molar-refractivity contribution is 7.92. The molecule has 1 heterocycles. The van der Waals surface area contributed by atoms with E-state index in [-0.39, 0.29) is 16.4 Å². The van der Waals surface area contributed by atoms with Crippen LogP contribution >= 0.6 is 0 Å². The van der Waals surface area contributed by atoms with Crippen molar-refractivity contribution in [2.75, 3.05) is 5.32 Å². The monoisotopic (exact) mass is 432 g/mol. The average molecular weight is 432 g/mol. The normalized spacial score (nSPS) is 12.3. The molecule has 0 aliphatic carbocycles. The minimum absolute atomic E-state index is 0.00135. The molecule has 1 atom stereocenters. The first kappa shape index (κ1) is 20.4. The maximum atomic E-state index is 13.3. The van der Waals surface area contributed by atoms with Gasteiger partial charge in [-0.05, 0) is 42.0 Å². The van der Waals surface area contributed by atoms with Gasteiger partial charge in [-0.3, -0.25) is 0 Å². The molecule has 0 bridgehead atoms. The Balaban J connectivity index is 1.81. The van der Waals surface area contributed by atoms with Gasteiger partial charge in [0.2, 0.25) is 9.84 Å². The van der Waals surface area contributed by atoms with E-state index in [9.17, 15) is 18.1 Å². The molecule has 0 amide bonds. The Morgan fingerprint density at radius 2 is 1.52 bits per heavy atom. The molecule has 0 saturated carbocycles. The third kappa shape index (κ3) is 4.22. The molecule has 31 heavy (non-hydrogen) atoms. The standard InChI is InChI=1S/C23H17FN4O2S/c24-17-10-12-18(13-11-17)31(29,30)21(14-25)22-23(26-15-16-6-2-1-3-7-16)28-20-9-5-4-8-19(20)27-22/h1-13,21H,15H2,(H,26,28)/t21-/m1/s1. The Bertz CT molecular complexity index is 1370. The predicted octanol–water partition coefficient (Wildman–Crippen LogP) is 4.42. The SMILES string of the molecule is N#C[C@H](c1nc2ccccc2nc1NCc1ccccc1)S(=O)(=O)c1ccc(F)cc1.